The highest BCUT2D eigenvalue weighted by Crippen LogP contribution is 2.26. The normalized spacial score (nSPS) is 12.4. The van der Waals surface area contributed by atoms with Gasteiger partial charge in [-0.05, 0) is 32.9 Å². The quantitative estimate of drug-likeness (QED) is 0.910. The van der Waals surface area contributed by atoms with Gasteiger partial charge in [-0.2, -0.15) is 0 Å². The maximum Gasteiger partial charge on any atom is 0.125 e. The molecule has 1 aromatic carbocycles. The third kappa shape index (κ3) is 3.55. The fourth-order valence-corrected chi connectivity index (χ4v) is 2.71. The Bertz CT molecular complexity index is 549. The van der Waals surface area contributed by atoms with Crippen LogP contribution in [0.3, 0.4) is 0 Å². The summed E-state index contributed by atoms with van der Waals surface area (Å²) in [6.45, 7) is 6.38. The van der Waals surface area contributed by atoms with Crippen molar-refractivity contribution in [2.24, 2.45) is 0 Å². The van der Waals surface area contributed by atoms with Gasteiger partial charge < -0.3 is 9.84 Å². The van der Waals surface area contributed by atoms with Gasteiger partial charge in [0.2, 0.25) is 0 Å². The molecule has 0 fully saturated rings. The average Bonchev–Trinajstić information content (AvgIpc) is 2.77. The minimum atomic E-state index is -0.514. The molecule has 0 radical (unpaired) electrons. The minimum Gasteiger partial charge on any atom is -0.493 e. The molecule has 0 spiro atoms. The highest BCUT2D eigenvalue weighted by Gasteiger charge is 2.10. The van der Waals surface area contributed by atoms with Crippen molar-refractivity contribution in [2.45, 2.75) is 33.3 Å². The van der Waals surface area contributed by atoms with Crippen molar-refractivity contribution in [1.29, 1.82) is 0 Å². The van der Waals surface area contributed by atoms with Crippen LogP contribution in [-0.4, -0.2) is 16.7 Å². The summed E-state index contributed by atoms with van der Waals surface area (Å²) in [6.07, 6.45) is 0.337. The molecule has 0 saturated heterocycles. The van der Waals surface area contributed by atoms with Gasteiger partial charge in [-0.3, -0.25) is 0 Å². The van der Waals surface area contributed by atoms with Gasteiger partial charge in [-0.15, -0.1) is 11.3 Å². The molecule has 102 valence electrons. The zero-order chi connectivity index (χ0) is 13.8. The number of benzene rings is 1. The van der Waals surface area contributed by atoms with Crippen molar-refractivity contribution in [3.05, 3.63) is 45.4 Å². The maximum atomic E-state index is 9.77. The minimum absolute atomic E-state index is 0.514. The van der Waals surface area contributed by atoms with E-state index in [-0.39, 0.29) is 0 Å². The van der Waals surface area contributed by atoms with E-state index in [1.807, 2.05) is 37.6 Å². The van der Waals surface area contributed by atoms with Gasteiger partial charge in [0.1, 0.15) is 5.75 Å². The molecule has 0 bridgehead atoms. The number of hydrogen-bond acceptors (Lipinski definition) is 4. The number of nitrogens with zero attached hydrogens (tertiary/aromatic N) is 1. The van der Waals surface area contributed by atoms with Crippen molar-refractivity contribution in [2.75, 3.05) is 6.61 Å². The molecule has 1 aromatic heterocycles. The standard InChI is InChI=1S/C15H19NO2S/c1-10-4-5-14(13(8-10)12(3)17)18-7-6-15-11(2)16-9-19-15/h4-5,8-9,12,17H,6-7H2,1-3H3. The summed E-state index contributed by atoms with van der Waals surface area (Å²) in [4.78, 5) is 5.48. The summed E-state index contributed by atoms with van der Waals surface area (Å²) >= 11 is 1.66. The Morgan fingerprint density at radius 3 is 2.79 bits per heavy atom. The Labute approximate surface area is 117 Å². The van der Waals surface area contributed by atoms with E-state index in [9.17, 15) is 5.11 Å². The van der Waals surface area contributed by atoms with Gasteiger partial charge in [0, 0.05) is 16.9 Å². The first kappa shape index (κ1) is 14.0. The molecule has 1 atom stereocenters. The molecule has 0 saturated carbocycles. The third-order valence-corrected chi connectivity index (χ3v) is 4.04. The van der Waals surface area contributed by atoms with Crippen molar-refractivity contribution in [3.63, 3.8) is 0 Å². The summed E-state index contributed by atoms with van der Waals surface area (Å²) in [7, 11) is 0. The average molecular weight is 277 g/mol. The zero-order valence-electron chi connectivity index (χ0n) is 11.5. The first-order valence-corrected chi connectivity index (χ1v) is 7.26. The Morgan fingerprint density at radius 2 is 2.16 bits per heavy atom. The second kappa shape index (κ2) is 6.17. The van der Waals surface area contributed by atoms with Gasteiger partial charge in [0.15, 0.2) is 0 Å². The number of aliphatic hydroxyl groups is 1. The lowest BCUT2D eigenvalue weighted by molar-refractivity contribution is 0.191. The summed E-state index contributed by atoms with van der Waals surface area (Å²) in [5.74, 6) is 0.766. The molecule has 0 aliphatic carbocycles. The van der Waals surface area contributed by atoms with Crippen molar-refractivity contribution < 1.29 is 9.84 Å². The summed E-state index contributed by atoms with van der Waals surface area (Å²) < 4.78 is 5.80. The van der Waals surface area contributed by atoms with Crippen LogP contribution in [0.5, 0.6) is 5.75 Å². The van der Waals surface area contributed by atoms with E-state index < -0.39 is 6.10 Å². The smallest absolute Gasteiger partial charge is 0.125 e. The number of hydrogen-bond donors (Lipinski definition) is 1. The van der Waals surface area contributed by atoms with Crippen LogP contribution >= 0.6 is 11.3 Å². The second-order valence-corrected chi connectivity index (χ2v) is 5.62. The monoisotopic (exact) mass is 277 g/mol. The SMILES string of the molecule is Cc1ccc(OCCc2scnc2C)c(C(C)O)c1. The van der Waals surface area contributed by atoms with Crippen LogP contribution in [0, 0.1) is 13.8 Å². The lowest BCUT2D eigenvalue weighted by Gasteiger charge is -2.14. The largest absolute Gasteiger partial charge is 0.493 e. The number of thiazole rings is 1. The van der Waals surface area contributed by atoms with Crippen molar-refractivity contribution in [3.8, 4) is 5.75 Å². The lowest BCUT2D eigenvalue weighted by Crippen LogP contribution is -2.05. The number of ether oxygens (including phenoxy) is 1. The molecular formula is C15H19NO2S. The Kier molecular flexibility index (Phi) is 4.56. The van der Waals surface area contributed by atoms with Gasteiger partial charge in [-0.25, -0.2) is 4.98 Å². The van der Waals surface area contributed by atoms with E-state index in [0.717, 1.165) is 29.0 Å². The van der Waals surface area contributed by atoms with E-state index in [0.29, 0.717) is 6.61 Å². The van der Waals surface area contributed by atoms with E-state index in [1.54, 1.807) is 18.3 Å². The van der Waals surface area contributed by atoms with Crippen LogP contribution < -0.4 is 4.74 Å². The van der Waals surface area contributed by atoms with Crippen LogP contribution in [0.4, 0.5) is 0 Å². The maximum absolute atomic E-state index is 9.77. The highest BCUT2D eigenvalue weighted by molar-refractivity contribution is 7.09. The van der Waals surface area contributed by atoms with Crippen LogP contribution in [-0.2, 0) is 6.42 Å². The van der Waals surface area contributed by atoms with Gasteiger partial charge in [-0.1, -0.05) is 11.6 Å². The van der Waals surface area contributed by atoms with E-state index in [4.69, 9.17) is 4.74 Å². The molecule has 1 N–H and O–H groups in total. The van der Waals surface area contributed by atoms with Gasteiger partial charge >= 0.3 is 0 Å². The Hall–Kier alpha value is -1.39. The van der Waals surface area contributed by atoms with E-state index in [1.165, 1.54) is 4.88 Å². The number of rotatable bonds is 5. The van der Waals surface area contributed by atoms with Gasteiger partial charge in [0.05, 0.1) is 23.9 Å². The first-order chi connectivity index (χ1) is 9.08. The Morgan fingerprint density at radius 1 is 1.37 bits per heavy atom. The Balaban J connectivity index is 2.01. The van der Waals surface area contributed by atoms with Crippen LogP contribution in [0.25, 0.3) is 0 Å². The first-order valence-electron chi connectivity index (χ1n) is 6.38. The highest BCUT2D eigenvalue weighted by atomic mass is 32.1. The molecular weight excluding hydrogens is 258 g/mol. The van der Waals surface area contributed by atoms with E-state index in [2.05, 4.69) is 4.98 Å². The predicted molar refractivity (Wildman–Crippen MR) is 77.9 cm³/mol. The third-order valence-electron chi connectivity index (χ3n) is 3.05. The molecule has 4 heteroatoms. The second-order valence-electron chi connectivity index (χ2n) is 4.68. The predicted octanol–water partition coefficient (Wildman–Crippen LogP) is 3.43. The molecule has 0 amide bonds. The molecule has 3 nitrogen and oxygen atoms in total. The molecule has 1 heterocycles. The number of aliphatic hydroxyl groups excluding tert-OH is 1. The van der Waals surface area contributed by atoms with Crippen LogP contribution in [0.15, 0.2) is 23.7 Å². The summed E-state index contributed by atoms with van der Waals surface area (Å²) in [6, 6.07) is 5.90. The fourth-order valence-electron chi connectivity index (χ4n) is 1.95. The van der Waals surface area contributed by atoms with E-state index >= 15 is 0 Å². The number of aromatic nitrogens is 1. The lowest BCUT2D eigenvalue weighted by atomic mass is 10.1. The summed E-state index contributed by atoms with van der Waals surface area (Å²) in [5.41, 5.74) is 4.91. The van der Waals surface area contributed by atoms with Gasteiger partial charge in [0.25, 0.3) is 0 Å². The zero-order valence-corrected chi connectivity index (χ0v) is 12.3. The topological polar surface area (TPSA) is 42.4 Å². The fraction of sp³-hybridized carbons (Fsp3) is 0.400. The van der Waals surface area contributed by atoms with Crippen LogP contribution in [0.2, 0.25) is 0 Å². The molecule has 0 aliphatic rings. The molecule has 1 unspecified atom stereocenters. The molecule has 19 heavy (non-hydrogen) atoms. The molecule has 0 aliphatic heterocycles. The number of aryl methyl sites for hydroxylation is 2. The summed E-state index contributed by atoms with van der Waals surface area (Å²) in [5, 5.41) is 9.77. The van der Waals surface area contributed by atoms with Crippen molar-refractivity contribution >= 4 is 11.3 Å². The molecule has 2 aromatic rings. The molecule has 2 rings (SSSR count). The van der Waals surface area contributed by atoms with Crippen molar-refractivity contribution in [1.82, 2.24) is 4.98 Å². The van der Waals surface area contributed by atoms with Crippen LogP contribution in [0.1, 0.15) is 34.7 Å².